The van der Waals surface area contributed by atoms with E-state index in [4.69, 9.17) is 5.11 Å². The van der Waals surface area contributed by atoms with Crippen LogP contribution >= 0.6 is 34.8 Å². The van der Waals surface area contributed by atoms with Crippen LogP contribution in [0.2, 0.25) is 0 Å². The van der Waals surface area contributed by atoms with Gasteiger partial charge >= 0.3 is 0 Å². The van der Waals surface area contributed by atoms with Crippen molar-refractivity contribution >= 4 is 34.8 Å². The molecule has 10 heavy (non-hydrogen) atoms. The number of aromatic hydroxyl groups is 1. The second-order valence-electron chi connectivity index (χ2n) is 1.57. The fourth-order valence-electron chi connectivity index (χ4n) is 0.459. The topological polar surface area (TPSA) is 68.9 Å². The molecule has 0 atom stereocenters. The standard InChI is InChI=1S/C4H3IN2O2S/c5-1-2(8)6-4(10)7-3(1)9/h(H3,6,7,8,9,10). The molecule has 1 aromatic heterocycles. The van der Waals surface area contributed by atoms with Crippen LogP contribution in [0, 0.1) is 8.34 Å². The minimum atomic E-state index is -0.373. The quantitative estimate of drug-likeness (QED) is 0.481. The van der Waals surface area contributed by atoms with Gasteiger partial charge in [0.05, 0.1) is 0 Å². The largest absolute Gasteiger partial charge is 0.494 e. The van der Waals surface area contributed by atoms with Gasteiger partial charge in [0.2, 0.25) is 5.88 Å². The highest BCUT2D eigenvalue weighted by Gasteiger charge is 2.00. The summed E-state index contributed by atoms with van der Waals surface area (Å²) in [4.78, 5) is 15.5. The van der Waals surface area contributed by atoms with Crippen LogP contribution in [-0.2, 0) is 0 Å². The second kappa shape index (κ2) is 2.70. The lowest BCUT2D eigenvalue weighted by atomic mass is 10.6. The fraction of sp³-hybridized carbons (Fsp3) is 0. The average Bonchev–Trinajstić information content (AvgIpc) is 1.82. The molecule has 1 rings (SSSR count). The lowest BCUT2D eigenvalue weighted by molar-refractivity contribution is 0.445. The number of aromatic nitrogens is 2. The summed E-state index contributed by atoms with van der Waals surface area (Å²) in [6.45, 7) is 0. The van der Waals surface area contributed by atoms with Crippen molar-refractivity contribution < 1.29 is 5.11 Å². The van der Waals surface area contributed by atoms with Crippen molar-refractivity contribution in [3.8, 4) is 5.88 Å². The first-order chi connectivity index (χ1) is 4.61. The highest BCUT2D eigenvalue weighted by atomic mass is 127. The average molecular weight is 270 g/mol. The summed E-state index contributed by atoms with van der Waals surface area (Å²) < 4.78 is 0.342. The Morgan fingerprint density at radius 1 is 1.50 bits per heavy atom. The first-order valence-corrected chi connectivity index (χ1v) is 3.81. The first kappa shape index (κ1) is 7.73. The number of halogens is 1. The summed E-state index contributed by atoms with van der Waals surface area (Å²) in [5, 5.41) is 8.93. The van der Waals surface area contributed by atoms with E-state index in [1.54, 1.807) is 22.6 Å². The third kappa shape index (κ3) is 1.37. The van der Waals surface area contributed by atoms with E-state index in [1.165, 1.54) is 0 Å². The van der Waals surface area contributed by atoms with Crippen molar-refractivity contribution in [3.05, 3.63) is 18.7 Å². The van der Waals surface area contributed by atoms with Gasteiger partial charge in [-0.25, -0.2) is 0 Å². The monoisotopic (exact) mass is 270 g/mol. The molecule has 0 aliphatic rings. The van der Waals surface area contributed by atoms with E-state index in [9.17, 15) is 4.79 Å². The molecular formula is C4H3IN2O2S. The third-order valence-corrected chi connectivity index (χ3v) is 2.07. The lowest BCUT2D eigenvalue weighted by Crippen LogP contribution is -2.10. The predicted octanol–water partition coefficient (Wildman–Crippen LogP) is 0.743. The highest BCUT2D eigenvalue weighted by Crippen LogP contribution is 2.08. The molecule has 0 amide bonds. The minimum absolute atomic E-state index is 0.128. The predicted molar refractivity (Wildman–Crippen MR) is 46.6 cm³/mol. The normalized spacial score (nSPS) is 9.70. The summed E-state index contributed by atoms with van der Waals surface area (Å²) >= 11 is 6.29. The van der Waals surface area contributed by atoms with Gasteiger partial charge in [0, 0.05) is 0 Å². The van der Waals surface area contributed by atoms with E-state index in [2.05, 4.69) is 22.2 Å². The van der Waals surface area contributed by atoms with Crippen LogP contribution in [0.3, 0.4) is 0 Å². The first-order valence-electron chi connectivity index (χ1n) is 2.32. The van der Waals surface area contributed by atoms with Crippen molar-refractivity contribution in [1.29, 1.82) is 0 Å². The Morgan fingerprint density at radius 3 is 2.60 bits per heavy atom. The van der Waals surface area contributed by atoms with Crippen molar-refractivity contribution in [1.82, 2.24) is 9.97 Å². The van der Waals surface area contributed by atoms with Crippen LogP contribution in [0.1, 0.15) is 0 Å². The molecule has 0 aliphatic heterocycles. The lowest BCUT2D eigenvalue weighted by Gasteiger charge is -1.92. The van der Waals surface area contributed by atoms with Gasteiger partial charge in [0.15, 0.2) is 4.77 Å². The van der Waals surface area contributed by atoms with Crippen molar-refractivity contribution in [2.75, 3.05) is 0 Å². The molecule has 0 fully saturated rings. The maximum Gasteiger partial charge on any atom is 0.269 e. The molecule has 54 valence electrons. The van der Waals surface area contributed by atoms with Crippen LogP contribution in [0.4, 0.5) is 0 Å². The van der Waals surface area contributed by atoms with Gasteiger partial charge in [-0.05, 0) is 34.8 Å². The van der Waals surface area contributed by atoms with E-state index in [-0.39, 0.29) is 19.8 Å². The molecule has 0 spiro atoms. The third-order valence-electron chi connectivity index (χ3n) is 0.866. The molecule has 1 heterocycles. The number of hydrogen-bond acceptors (Lipinski definition) is 3. The van der Waals surface area contributed by atoms with Crippen molar-refractivity contribution in [2.45, 2.75) is 0 Å². The summed E-state index contributed by atoms with van der Waals surface area (Å²) in [6, 6.07) is 0. The van der Waals surface area contributed by atoms with Crippen LogP contribution in [-0.4, -0.2) is 15.1 Å². The number of hydrogen-bond donors (Lipinski definition) is 3. The summed E-state index contributed by atoms with van der Waals surface area (Å²) in [7, 11) is 0. The van der Waals surface area contributed by atoms with Crippen LogP contribution in [0.15, 0.2) is 4.79 Å². The second-order valence-corrected chi connectivity index (χ2v) is 3.06. The Balaban J connectivity index is 3.62. The van der Waals surface area contributed by atoms with Gasteiger partial charge in [0.25, 0.3) is 5.56 Å². The number of nitrogens with one attached hydrogen (secondary N) is 2. The molecule has 3 N–H and O–H groups in total. The van der Waals surface area contributed by atoms with Gasteiger partial charge in [-0.1, -0.05) is 0 Å². The number of rotatable bonds is 0. The van der Waals surface area contributed by atoms with Crippen LogP contribution < -0.4 is 5.56 Å². The zero-order valence-corrected chi connectivity index (χ0v) is 7.62. The molecule has 4 nitrogen and oxygen atoms in total. The van der Waals surface area contributed by atoms with E-state index >= 15 is 0 Å². The Bertz CT molecular complexity index is 355. The zero-order chi connectivity index (χ0) is 7.72. The molecule has 0 bridgehead atoms. The molecule has 0 unspecified atom stereocenters. The van der Waals surface area contributed by atoms with Gasteiger partial charge in [-0.2, -0.15) is 0 Å². The Labute approximate surface area is 74.4 Å². The molecule has 6 heteroatoms. The van der Waals surface area contributed by atoms with Gasteiger partial charge in [0.1, 0.15) is 3.57 Å². The Morgan fingerprint density at radius 2 is 2.10 bits per heavy atom. The molecule has 0 saturated heterocycles. The maximum atomic E-state index is 10.8. The van der Waals surface area contributed by atoms with Gasteiger partial charge in [-0.15, -0.1) is 0 Å². The number of H-pyrrole nitrogens is 2. The molecule has 0 aliphatic carbocycles. The zero-order valence-electron chi connectivity index (χ0n) is 4.64. The van der Waals surface area contributed by atoms with Crippen molar-refractivity contribution in [3.63, 3.8) is 0 Å². The summed E-state index contributed by atoms with van der Waals surface area (Å²) in [5.41, 5.74) is -0.373. The Hall–Kier alpha value is -0.370. The van der Waals surface area contributed by atoms with E-state index < -0.39 is 0 Å². The Kier molecular flexibility index (Phi) is 2.09. The minimum Gasteiger partial charge on any atom is -0.494 e. The number of aromatic amines is 2. The highest BCUT2D eigenvalue weighted by molar-refractivity contribution is 14.1. The van der Waals surface area contributed by atoms with E-state index in [0.29, 0.717) is 0 Å². The van der Waals surface area contributed by atoms with Gasteiger partial charge < -0.3 is 10.1 Å². The van der Waals surface area contributed by atoms with E-state index in [1.807, 2.05) is 0 Å². The summed E-state index contributed by atoms with van der Waals surface area (Å²) in [5.74, 6) is -0.186. The van der Waals surface area contributed by atoms with Crippen molar-refractivity contribution in [2.24, 2.45) is 0 Å². The SMILES string of the molecule is O=c1[nH]c(=S)[nH]c(O)c1I. The maximum absolute atomic E-state index is 10.8. The van der Waals surface area contributed by atoms with Crippen LogP contribution in [0.5, 0.6) is 5.88 Å². The van der Waals surface area contributed by atoms with Gasteiger partial charge in [-0.3, -0.25) is 9.78 Å². The van der Waals surface area contributed by atoms with E-state index in [0.717, 1.165) is 0 Å². The summed E-state index contributed by atoms with van der Waals surface area (Å²) in [6.07, 6.45) is 0. The molecule has 0 radical (unpaired) electrons. The fourth-order valence-corrected chi connectivity index (χ4v) is 0.918. The molecule has 0 saturated carbocycles. The van der Waals surface area contributed by atoms with Crippen LogP contribution in [0.25, 0.3) is 0 Å². The molecule has 0 aromatic carbocycles. The smallest absolute Gasteiger partial charge is 0.269 e. The molecule has 1 aromatic rings. The molecular weight excluding hydrogens is 267 g/mol.